The Hall–Kier alpha value is -0.200. The third kappa shape index (κ3) is 3.70. The Labute approximate surface area is 90.6 Å². The smallest absolute Gasteiger partial charge is 0.218 e. The lowest BCUT2D eigenvalue weighted by atomic mass is 10.3. The van der Waals surface area contributed by atoms with Gasteiger partial charge in [0.1, 0.15) is 13.2 Å². The Balaban J connectivity index is 2.48. The van der Waals surface area contributed by atoms with Gasteiger partial charge in [0.15, 0.2) is 5.79 Å². The Morgan fingerprint density at radius 1 is 1.13 bits per heavy atom. The first-order valence-corrected chi connectivity index (χ1v) is 4.99. The molecule has 0 aromatic rings. The minimum atomic E-state index is -0.795. The average molecular weight is 220 g/mol. The molecule has 1 rings (SSSR count). The van der Waals surface area contributed by atoms with Gasteiger partial charge in [-0.2, -0.15) is 0 Å². The SMILES string of the molecule is COCCOC1(COC)COC(C)(C)O1. The van der Waals surface area contributed by atoms with E-state index >= 15 is 0 Å². The van der Waals surface area contributed by atoms with Crippen LogP contribution in [0.25, 0.3) is 0 Å². The molecule has 90 valence electrons. The molecule has 1 atom stereocenters. The molecule has 0 spiro atoms. The van der Waals surface area contributed by atoms with Crippen molar-refractivity contribution in [1.29, 1.82) is 0 Å². The first kappa shape index (κ1) is 12.9. The van der Waals surface area contributed by atoms with E-state index in [1.165, 1.54) is 0 Å². The molecule has 1 fully saturated rings. The third-order valence-corrected chi connectivity index (χ3v) is 2.09. The molecular weight excluding hydrogens is 200 g/mol. The monoisotopic (exact) mass is 220 g/mol. The summed E-state index contributed by atoms with van der Waals surface area (Å²) in [6, 6.07) is 0. The number of hydrogen-bond donors (Lipinski definition) is 0. The average Bonchev–Trinajstić information content (AvgIpc) is 2.44. The van der Waals surface area contributed by atoms with E-state index in [4.69, 9.17) is 23.7 Å². The van der Waals surface area contributed by atoms with Gasteiger partial charge in [-0.15, -0.1) is 0 Å². The van der Waals surface area contributed by atoms with Crippen molar-refractivity contribution in [3.05, 3.63) is 0 Å². The van der Waals surface area contributed by atoms with Crippen LogP contribution in [0.2, 0.25) is 0 Å². The second kappa shape index (κ2) is 5.23. The van der Waals surface area contributed by atoms with Crippen LogP contribution in [-0.2, 0) is 23.7 Å². The van der Waals surface area contributed by atoms with Crippen LogP contribution in [0.5, 0.6) is 0 Å². The summed E-state index contributed by atoms with van der Waals surface area (Å²) in [7, 11) is 3.23. The van der Waals surface area contributed by atoms with Crippen molar-refractivity contribution in [3.63, 3.8) is 0 Å². The van der Waals surface area contributed by atoms with Crippen LogP contribution in [0.15, 0.2) is 0 Å². The molecule has 0 aromatic carbocycles. The second-order valence-corrected chi connectivity index (χ2v) is 3.98. The van der Waals surface area contributed by atoms with Crippen molar-refractivity contribution in [3.8, 4) is 0 Å². The minimum Gasteiger partial charge on any atom is -0.382 e. The Kier molecular flexibility index (Phi) is 4.48. The number of rotatable bonds is 6. The summed E-state index contributed by atoms with van der Waals surface area (Å²) in [5.74, 6) is -1.41. The van der Waals surface area contributed by atoms with E-state index in [1.807, 2.05) is 13.8 Å². The summed E-state index contributed by atoms with van der Waals surface area (Å²) in [6.45, 7) is 5.40. The molecule has 0 aromatic heterocycles. The van der Waals surface area contributed by atoms with Crippen molar-refractivity contribution >= 4 is 0 Å². The molecule has 1 aliphatic heterocycles. The van der Waals surface area contributed by atoms with Gasteiger partial charge in [-0.3, -0.25) is 0 Å². The summed E-state index contributed by atoms with van der Waals surface area (Å²) in [5, 5.41) is 0. The zero-order chi connectivity index (χ0) is 11.4. The fraction of sp³-hybridized carbons (Fsp3) is 1.00. The van der Waals surface area contributed by atoms with Crippen molar-refractivity contribution in [2.24, 2.45) is 0 Å². The Bertz CT molecular complexity index is 194. The maximum Gasteiger partial charge on any atom is 0.218 e. The lowest BCUT2D eigenvalue weighted by Gasteiger charge is -2.28. The summed E-state index contributed by atoms with van der Waals surface area (Å²) in [6.07, 6.45) is 0. The Morgan fingerprint density at radius 3 is 2.33 bits per heavy atom. The quantitative estimate of drug-likeness (QED) is 0.619. The summed E-state index contributed by atoms with van der Waals surface area (Å²) in [4.78, 5) is 0. The first-order valence-electron chi connectivity index (χ1n) is 4.99. The van der Waals surface area contributed by atoms with Gasteiger partial charge < -0.3 is 23.7 Å². The maximum atomic E-state index is 5.70. The van der Waals surface area contributed by atoms with Gasteiger partial charge in [-0.05, 0) is 13.8 Å². The minimum absolute atomic E-state index is 0.347. The van der Waals surface area contributed by atoms with Crippen LogP contribution >= 0.6 is 0 Å². The van der Waals surface area contributed by atoms with E-state index in [9.17, 15) is 0 Å². The second-order valence-electron chi connectivity index (χ2n) is 3.98. The molecule has 0 amide bonds. The molecule has 0 N–H and O–H groups in total. The van der Waals surface area contributed by atoms with E-state index in [0.717, 1.165) is 0 Å². The van der Waals surface area contributed by atoms with Crippen LogP contribution in [0.1, 0.15) is 13.8 Å². The largest absolute Gasteiger partial charge is 0.382 e. The topological polar surface area (TPSA) is 46.2 Å². The number of ether oxygens (including phenoxy) is 5. The zero-order valence-electron chi connectivity index (χ0n) is 9.87. The molecule has 0 saturated carbocycles. The van der Waals surface area contributed by atoms with Crippen LogP contribution in [0, 0.1) is 0 Å². The van der Waals surface area contributed by atoms with Gasteiger partial charge in [0.2, 0.25) is 5.79 Å². The summed E-state index contributed by atoms with van der Waals surface area (Å²) in [5.41, 5.74) is 0. The molecular formula is C10H20O5. The maximum absolute atomic E-state index is 5.70. The van der Waals surface area contributed by atoms with E-state index < -0.39 is 11.6 Å². The van der Waals surface area contributed by atoms with E-state index in [2.05, 4.69) is 0 Å². The van der Waals surface area contributed by atoms with Gasteiger partial charge >= 0.3 is 0 Å². The predicted molar refractivity (Wildman–Crippen MR) is 53.6 cm³/mol. The first-order chi connectivity index (χ1) is 7.04. The van der Waals surface area contributed by atoms with E-state index in [-0.39, 0.29) is 0 Å². The molecule has 1 heterocycles. The highest BCUT2D eigenvalue weighted by Crippen LogP contribution is 2.32. The molecule has 1 unspecified atom stereocenters. The normalized spacial score (nSPS) is 29.6. The highest BCUT2D eigenvalue weighted by Gasteiger charge is 2.46. The molecule has 1 saturated heterocycles. The van der Waals surface area contributed by atoms with Crippen molar-refractivity contribution in [2.75, 3.05) is 40.6 Å². The van der Waals surface area contributed by atoms with Gasteiger partial charge in [0.25, 0.3) is 0 Å². The highest BCUT2D eigenvalue weighted by atomic mass is 16.8. The van der Waals surface area contributed by atoms with Crippen LogP contribution in [0.3, 0.4) is 0 Å². The van der Waals surface area contributed by atoms with Crippen LogP contribution < -0.4 is 0 Å². The molecule has 0 bridgehead atoms. The fourth-order valence-corrected chi connectivity index (χ4v) is 1.51. The van der Waals surface area contributed by atoms with Gasteiger partial charge in [-0.1, -0.05) is 0 Å². The van der Waals surface area contributed by atoms with Crippen molar-refractivity contribution in [2.45, 2.75) is 25.4 Å². The lowest BCUT2D eigenvalue weighted by Crippen LogP contribution is -2.42. The predicted octanol–water partition coefficient (Wildman–Crippen LogP) is 0.775. The van der Waals surface area contributed by atoms with Crippen LogP contribution in [-0.4, -0.2) is 52.2 Å². The van der Waals surface area contributed by atoms with E-state index in [0.29, 0.717) is 26.4 Å². The summed E-state index contributed by atoms with van der Waals surface area (Å²) >= 11 is 0. The molecule has 5 heteroatoms. The Morgan fingerprint density at radius 2 is 1.87 bits per heavy atom. The molecule has 5 nitrogen and oxygen atoms in total. The van der Waals surface area contributed by atoms with Gasteiger partial charge in [0.05, 0.1) is 13.2 Å². The molecule has 0 radical (unpaired) electrons. The van der Waals surface area contributed by atoms with Gasteiger partial charge in [-0.25, -0.2) is 0 Å². The van der Waals surface area contributed by atoms with Gasteiger partial charge in [0, 0.05) is 14.2 Å². The summed E-state index contributed by atoms with van der Waals surface area (Å²) < 4.78 is 26.8. The lowest BCUT2D eigenvalue weighted by molar-refractivity contribution is -0.270. The number of hydrogen-bond acceptors (Lipinski definition) is 5. The molecule has 1 aliphatic rings. The third-order valence-electron chi connectivity index (χ3n) is 2.09. The highest BCUT2D eigenvalue weighted by molar-refractivity contribution is 4.79. The fourth-order valence-electron chi connectivity index (χ4n) is 1.51. The van der Waals surface area contributed by atoms with Crippen molar-refractivity contribution in [1.82, 2.24) is 0 Å². The molecule has 0 aliphatic carbocycles. The molecule has 15 heavy (non-hydrogen) atoms. The van der Waals surface area contributed by atoms with Crippen molar-refractivity contribution < 1.29 is 23.7 Å². The number of methoxy groups -OCH3 is 2. The standard InChI is InChI=1S/C10H20O5/c1-9(2)14-8-10(15-9,7-12-4)13-6-5-11-3/h5-8H2,1-4H3. The zero-order valence-corrected chi connectivity index (χ0v) is 9.87. The van der Waals surface area contributed by atoms with Crippen LogP contribution in [0.4, 0.5) is 0 Å². The van der Waals surface area contributed by atoms with E-state index in [1.54, 1.807) is 14.2 Å².